The Bertz CT molecular complexity index is 1620. The lowest BCUT2D eigenvalue weighted by molar-refractivity contribution is -0.129. The number of amides is 2. The van der Waals surface area contributed by atoms with Crippen molar-refractivity contribution in [2.24, 2.45) is 29.4 Å². The molecule has 5 fully saturated rings. The van der Waals surface area contributed by atoms with Crippen molar-refractivity contribution in [3.63, 3.8) is 0 Å². The molecule has 0 bridgehead atoms. The maximum atomic E-state index is 15.9. The van der Waals surface area contributed by atoms with Gasteiger partial charge in [-0.2, -0.15) is 4.31 Å². The number of nitrogens with one attached hydrogen (secondary N) is 2. The van der Waals surface area contributed by atoms with E-state index in [1.165, 1.54) is 28.6 Å². The molecule has 1 unspecified atom stereocenters. The Kier molecular flexibility index (Phi) is 8.69. The standard InChI is InChI=1S/C32H40ClF2N7O4S/c33-27-13-21(32(34,35)20-3-1-19(2-4-20)31(44)39-30-25-16-37-17-26(25)30)14-28(38-27)40-9-11-41(12-10-40)47(45,46)24-7-5-23(6-8-24)42-18-22(36)15-29(42)43/h5-8,13-14,19-20,22,25-26,30,37H,1-4,9-12,15-18,36H2,(H,39,44)/t19?,20?,22-,25-,26+,30?/m1/s1. The highest BCUT2D eigenvalue weighted by Gasteiger charge is 2.54. The molecule has 2 saturated carbocycles. The number of hydrogen-bond acceptors (Lipinski definition) is 8. The maximum Gasteiger partial charge on any atom is 0.276 e. The summed E-state index contributed by atoms with van der Waals surface area (Å²) >= 11 is 6.27. The predicted molar refractivity (Wildman–Crippen MR) is 173 cm³/mol. The molecule has 11 nitrogen and oxygen atoms in total. The van der Waals surface area contributed by atoms with E-state index in [0.29, 0.717) is 36.9 Å². The van der Waals surface area contributed by atoms with Crippen LogP contribution in [-0.4, -0.2) is 87.4 Å². The molecule has 4 N–H and O–H groups in total. The van der Waals surface area contributed by atoms with Crippen LogP contribution in [0.3, 0.4) is 0 Å². The average molecular weight is 692 g/mol. The van der Waals surface area contributed by atoms with Gasteiger partial charge in [-0.05, 0) is 73.9 Å². The van der Waals surface area contributed by atoms with Crippen molar-refractivity contribution in [3.8, 4) is 0 Å². The van der Waals surface area contributed by atoms with Crippen LogP contribution in [0, 0.1) is 23.7 Å². The zero-order valence-electron chi connectivity index (χ0n) is 26.0. The molecule has 0 radical (unpaired) electrons. The van der Waals surface area contributed by atoms with Crippen molar-refractivity contribution in [1.82, 2.24) is 19.9 Å². The van der Waals surface area contributed by atoms with Crippen LogP contribution in [0.1, 0.15) is 37.7 Å². The minimum atomic E-state index is -3.82. The first-order valence-electron chi connectivity index (χ1n) is 16.4. The van der Waals surface area contributed by atoms with Gasteiger partial charge in [-0.3, -0.25) is 9.59 Å². The van der Waals surface area contributed by atoms with Crippen LogP contribution in [0.25, 0.3) is 0 Å². The summed E-state index contributed by atoms with van der Waals surface area (Å²) in [7, 11) is -3.82. The molecule has 3 saturated heterocycles. The van der Waals surface area contributed by atoms with E-state index < -0.39 is 21.9 Å². The van der Waals surface area contributed by atoms with Gasteiger partial charge in [0.05, 0.1) is 4.90 Å². The van der Waals surface area contributed by atoms with Gasteiger partial charge in [-0.1, -0.05) is 11.6 Å². The lowest BCUT2D eigenvalue weighted by Gasteiger charge is -2.36. The number of aromatic nitrogens is 1. The third-order valence-corrected chi connectivity index (χ3v) is 12.8. The number of pyridine rings is 1. The minimum absolute atomic E-state index is 0.0117. The highest BCUT2D eigenvalue weighted by Crippen LogP contribution is 2.47. The number of sulfonamides is 1. The van der Waals surface area contributed by atoms with Gasteiger partial charge < -0.3 is 26.2 Å². The minimum Gasteiger partial charge on any atom is -0.354 e. The van der Waals surface area contributed by atoms with Gasteiger partial charge in [0.2, 0.25) is 21.8 Å². The Morgan fingerprint density at radius 2 is 1.68 bits per heavy atom. The molecule has 4 heterocycles. The fraction of sp³-hybridized carbons (Fsp3) is 0.594. The number of halogens is 3. The molecule has 2 aromatic rings. The monoisotopic (exact) mass is 691 g/mol. The molecule has 2 aliphatic carbocycles. The Labute approximate surface area is 278 Å². The van der Waals surface area contributed by atoms with Crippen LogP contribution in [-0.2, 0) is 25.5 Å². The largest absolute Gasteiger partial charge is 0.354 e. The summed E-state index contributed by atoms with van der Waals surface area (Å²) in [6.07, 6.45) is 1.56. The van der Waals surface area contributed by atoms with Crippen molar-refractivity contribution in [2.75, 3.05) is 55.6 Å². The average Bonchev–Trinajstić information content (AvgIpc) is 3.34. The van der Waals surface area contributed by atoms with Crippen LogP contribution in [0.2, 0.25) is 5.15 Å². The predicted octanol–water partition coefficient (Wildman–Crippen LogP) is 2.54. The number of nitrogens with two attached hydrogens (primary N) is 1. The Balaban J connectivity index is 0.957. The second kappa shape index (κ2) is 12.5. The molecule has 15 heteroatoms. The summed E-state index contributed by atoms with van der Waals surface area (Å²) in [4.78, 5) is 32.7. The van der Waals surface area contributed by atoms with E-state index >= 15 is 8.78 Å². The molecule has 47 heavy (non-hydrogen) atoms. The molecule has 4 atom stereocenters. The molecule has 3 aliphatic heterocycles. The molecule has 1 aromatic carbocycles. The normalized spacial score (nSPS) is 30.0. The lowest BCUT2D eigenvalue weighted by atomic mass is 9.77. The van der Waals surface area contributed by atoms with Gasteiger partial charge in [-0.25, -0.2) is 22.2 Å². The fourth-order valence-electron chi connectivity index (χ4n) is 7.80. The third kappa shape index (κ3) is 6.34. The molecule has 5 aliphatic rings. The second-order valence-electron chi connectivity index (χ2n) is 13.6. The Morgan fingerprint density at radius 1 is 1.02 bits per heavy atom. The van der Waals surface area contributed by atoms with Gasteiger partial charge in [0.15, 0.2) is 0 Å². The molecular formula is C32H40ClF2N7O4S. The summed E-state index contributed by atoms with van der Waals surface area (Å²) in [5, 5.41) is 6.40. The number of piperidine rings is 1. The molecule has 2 amide bonds. The van der Waals surface area contributed by atoms with E-state index in [0.717, 1.165) is 13.1 Å². The van der Waals surface area contributed by atoms with Gasteiger partial charge in [0, 0.05) is 87.4 Å². The topological polar surface area (TPSA) is 141 Å². The number of anilines is 2. The van der Waals surface area contributed by atoms with E-state index in [1.807, 2.05) is 0 Å². The maximum absolute atomic E-state index is 15.9. The number of fused-ring (bicyclic) bond motifs is 1. The molecule has 0 spiro atoms. The summed E-state index contributed by atoms with van der Waals surface area (Å²) in [6.45, 7) is 2.99. The molecule has 7 rings (SSSR count). The van der Waals surface area contributed by atoms with Gasteiger partial charge in [0.25, 0.3) is 5.92 Å². The number of alkyl halides is 2. The quantitative estimate of drug-likeness (QED) is 0.359. The van der Waals surface area contributed by atoms with Crippen molar-refractivity contribution in [2.45, 2.75) is 55.0 Å². The van der Waals surface area contributed by atoms with Crippen molar-refractivity contribution in [3.05, 3.63) is 47.1 Å². The number of piperazine rings is 1. The van der Waals surface area contributed by atoms with Crippen molar-refractivity contribution in [1.29, 1.82) is 0 Å². The summed E-state index contributed by atoms with van der Waals surface area (Å²) in [5.41, 5.74) is 6.26. The van der Waals surface area contributed by atoms with Crippen LogP contribution < -0.4 is 26.2 Å². The first-order valence-corrected chi connectivity index (χ1v) is 18.2. The summed E-state index contributed by atoms with van der Waals surface area (Å²) in [5.74, 6) is -3.15. The summed E-state index contributed by atoms with van der Waals surface area (Å²) in [6, 6.07) is 8.72. The number of nitrogens with zero attached hydrogens (tertiary/aromatic N) is 4. The number of carbonyl (C=O) groups excluding carboxylic acids is 2. The highest BCUT2D eigenvalue weighted by molar-refractivity contribution is 7.89. The number of benzene rings is 1. The molecular weight excluding hydrogens is 652 g/mol. The van der Waals surface area contributed by atoms with E-state index in [2.05, 4.69) is 15.6 Å². The second-order valence-corrected chi connectivity index (χ2v) is 15.9. The van der Waals surface area contributed by atoms with Crippen LogP contribution in [0.15, 0.2) is 41.3 Å². The zero-order chi connectivity index (χ0) is 33.1. The Hall–Kier alpha value is -2.91. The van der Waals surface area contributed by atoms with Crippen molar-refractivity contribution < 1.29 is 26.8 Å². The Morgan fingerprint density at radius 3 is 2.30 bits per heavy atom. The van der Waals surface area contributed by atoms with Crippen molar-refractivity contribution >= 4 is 44.9 Å². The number of rotatable bonds is 8. The molecule has 254 valence electrons. The van der Waals surface area contributed by atoms with Crippen LogP contribution in [0.4, 0.5) is 20.3 Å². The number of carbonyl (C=O) groups is 2. The van der Waals surface area contributed by atoms with E-state index in [-0.39, 0.29) is 96.7 Å². The zero-order valence-corrected chi connectivity index (χ0v) is 27.5. The smallest absolute Gasteiger partial charge is 0.276 e. The van der Waals surface area contributed by atoms with Gasteiger partial charge in [0.1, 0.15) is 11.0 Å². The van der Waals surface area contributed by atoms with Crippen LogP contribution >= 0.6 is 11.6 Å². The number of hydrogen-bond donors (Lipinski definition) is 3. The molecule has 1 aromatic heterocycles. The van der Waals surface area contributed by atoms with Gasteiger partial charge in [-0.15, -0.1) is 0 Å². The SMILES string of the molecule is N[C@@H]1CC(=O)N(c2ccc(S(=O)(=O)N3CCN(c4cc(C(F)(F)C5CCC(C(=O)NC6[C@H]7CNC[C@@H]67)CC5)cc(Cl)n4)CC3)cc2)C1. The third-order valence-electron chi connectivity index (χ3n) is 10.7. The fourth-order valence-corrected chi connectivity index (χ4v) is 9.42. The lowest BCUT2D eigenvalue weighted by Crippen LogP contribution is -2.49. The van der Waals surface area contributed by atoms with Gasteiger partial charge >= 0.3 is 0 Å². The van der Waals surface area contributed by atoms with Crippen LogP contribution in [0.5, 0.6) is 0 Å². The van der Waals surface area contributed by atoms with E-state index in [1.54, 1.807) is 21.9 Å². The van der Waals surface area contributed by atoms with E-state index in [9.17, 15) is 18.0 Å². The van der Waals surface area contributed by atoms with E-state index in [4.69, 9.17) is 17.3 Å². The summed E-state index contributed by atoms with van der Waals surface area (Å²) < 4.78 is 60.0. The highest BCUT2D eigenvalue weighted by atomic mass is 35.5. The first-order chi connectivity index (χ1) is 22.4. The first kappa shape index (κ1) is 32.6.